The fourth-order valence-corrected chi connectivity index (χ4v) is 5.30. The Kier molecular flexibility index (Phi) is 6.56. The lowest BCUT2D eigenvalue weighted by atomic mass is 9.86. The molecule has 182 valence electrons. The number of nitrogens with zero attached hydrogens (tertiary/aromatic N) is 2. The highest BCUT2D eigenvalue weighted by molar-refractivity contribution is 7.80. The predicted molar refractivity (Wildman–Crippen MR) is 146 cm³/mol. The van der Waals surface area contributed by atoms with E-state index < -0.39 is 11.8 Å². The number of carbonyl (C=O) groups excluding carboxylic acids is 2. The highest BCUT2D eigenvalue weighted by Crippen LogP contribution is 2.40. The summed E-state index contributed by atoms with van der Waals surface area (Å²) >= 11 is 5.32. The zero-order valence-electron chi connectivity index (χ0n) is 21.0. The van der Waals surface area contributed by atoms with Crippen molar-refractivity contribution in [3.8, 4) is 5.75 Å². The van der Waals surface area contributed by atoms with Gasteiger partial charge in [-0.05, 0) is 107 Å². The van der Waals surface area contributed by atoms with E-state index in [-0.39, 0.29) is 16.2 Å². The number of carbonyl (C=O) groups is 2. The fraction of sp³-hybridized carbons (Fsp3) is 0.321. The smallest absolute Gasteiger partial charge is 0.270 e. The topological polar surface area (TPSA) is 61.9 Å². The Bertz CT molecular complexity index is 1260. The third-order valence-corrected chi connectivity index (χ3v) is 6.52. The average molecular weight is 490 g/mol. The summed E-state index contributed by atoms with van der Waals surface area (Å²) < 4.78 is 5.48. The molecule has 0 bridgehead atoms. The summed E-state index contributed by atoms with van der Waals surface area (Å²) in [5, 5.41) is 2.71. The van der Waals surface area contributed by atoms with Gasteiger partial charge < -0.3 is 9.64 Å². The van der Waals surface area contributed by atoms with Crippen LogP contribution in [0.25, 0.3) is 11.6 Å². The van der Waals surface area contributed by atoms with Crippen molar-refractivity contribution in [2.45, 2.75) is 53.1 Å². The molecule has 6 nitrogen and oxygen atoms in total. The summed E-state index contributed by atoms with van der Waals surface area (Å²) in [6.45, 7) is 13.3. The molecule has 4 rings (SSSR count). The van der Waals surface area contributed by atoms with Gasteiger partial charge in [0.15, 0.2) is 5.11 Å². The molecule has 0 aromatic heterocycles. The third kappa shape index (κ3) is 4.60. The van der Waals surface area contributed by atoms with Crippen LogP contribution in [0.2, 0.25) is 0 Å². The van der Waals surface area contributed by atoms with Crippen molar-refractivity contribution in [1.29, 1.82) is 0 Å². The summed E-state index contributed by atoms with van der Waals surface area (Å²) in [5.41, 5.74) is 4.66. The SMILES string of the molecule is CCOc1ccc(N2C(=O)/C(=C/c3ccc4c(c3)C(C)=CC(C)(C)N4C(C)C)C(=O)NC2=S)cc1. The lowest BCUT2D eigenvalue weighted by Crippen LogP contribution is -2.54. The van der Waals surface area contributed by atoms with Gasteiger partial charge in [-0.3, -0.25) is 19.8 Å². The first kappa shape index (κ1) is 24.7. The highest BCUT2D eigenvalue weighted by atomic mass is 32.1. The summed E-state index contributed by atoms with van der Waals surface area (Å²) in [6.07, 6.45) is 3.89. The minimum Gasteiger partial charge on any atom is -0.494 e. The molecule has 2 heterocycles. The van der Waals surface area contributed by atoms with Crippen molar-refractivity contribution in [3.63, 3.8) is 0 Å². The van der Waals surface area contributed by atoms with Crippen LogP contribution in [0.4, 0.5) is 11.4 Å². The van der Waals surface area contributed by atoms with E-state index >= 15 is 0 Å². The summed E-state index contributed by atoms with van der Waals surface area (Å²) in [5.74, 6) is -0.266. The van der Waals surface area contributed by atoms with Crippen LogP contribution in [0.1, 0.15) is 52.7 Å². The van der Waals surface area contributed by atoms with E-state index in [0.29, 0.717) is 24.1 Å². The molecule has 2 aromatic carbocycles. The Morgan fingerprint density at radius 2 is 1.80 bits per heavy atom. The monoisotopic (exact) mass is 489 g/mol. The molecule has 0 aliphatic carbocycles. The van der Waals surface area contributed by atoms with Gasteiger partial charge in [0.25, 0.3) is 11.8 Å². The molecule has 7 heteroatoms. The van der Waals surface area contributed by atoms with Crippen molar-refractivity contribution in [3.05, 3.63) is 65.2 Å². The molecule has 2 aliphatic heterocycles. The van der Waals surface area contributed by atoms with Gasteiger partial charge in [0.05, 0.1) is 17.8 Å². The number of thiocarbonyl (C=S) groups is 1. The van der Waals surface area contributed by atoms with Crippen LogP contribution >= 0.6 is 12.2 Å². The van der Waals surface area contributed by atoms with Gasteiger partial charge in [0, 0.05) is 17.3 Å². The molecule has 2 aromatic rings. The van der Waals surface area contributed by atoms with E-state index in [4.69, 9.17) is 17.0 Å². The Balaban J connectivity index is 1.71. The lowest BCUT2D eigenvalue weighted by Gasteiger charge is -2.46. The Labute approximate surface area is 212 Å². The van der Waals surface area contributed by atoms with Crippen LogP contribution in [-0.2, 0) is 9.59 Å². The van der Waals surface area contributed by atoms with Gasteiger partial charge in [-0.15, -0.1) is 0 Å². The molecular weight excluding hydrogens is 458 g/mol. The normalized spacial score (nSPS) is 18.5. The van der Waals surface area contributed by atoms with E-state index in [0.717, 1.165) is 16.8 Å². The van der Waals surface area contributed by atoms with Gasteiger partial charge in [-0.2, -0.15) is 0 Å². The van der Waals surface area contributed by atoms with Crippen molar-refractivity contribution >= 4 is 52.2 Å². The van der Waals surface area contributed by atoms with Gasteiger partial charge >= 0.3 is 0 Å². The Hall–Kier alpha value is -3.45. The number of allylic oxidation sites excluding steroid dienone is 1. The van der Waals surface area contributed by atoms with Crippen molar-refractivity contribution < 1.29 is 14.3 Å². The maximum Gasteiger partial charge on any atom is 0.270 e. The average Bonchev–Trinajstić information content (AvgIpc) is 2.77. The Morgan fingerprint density at radius 3 is 2.43 bits per heavy atom. The van der Waals surface area contributed by atoms with Crippen LogP contribution in [0, 0.1) is 0 Å². The zero-order chi connectivity index (χ0) is 25.5. The second-order valence-electron chi connectivity index (χ2n) is 9.61. The predicted octanol–water partition coefficient (Wildman–Crippen LogP) is 5.33. The standard InChI is InChI=1S/C28H31N3O3S/c1-7-34-21-11-9-20(10-12-21)30-26(33)23(25(32)29-27(30)35)15-19-8-13-24-22(14-19)18(4)16-28(5,6)31(24)17(2)3/h8-17H,7H2,1-6H3,(H,29,32,35)/b23-15+. The van der Waals surface area contributed by atoms with E-state index in [1.807, 2.05) is 19.1 Å². The maximum absolute atomic E-state index is 13.4. The molecule has 0 atom stereocenters. The highest BCUT2D eigenvalue weighted by Gasteiger charge is 2.35. The number of nitrogens with one attached hydrogen (secondary N) is 1. The second-order valence-corrected chi connectivity index (χ2v) is 9.99. The number of hydrogen-bond donors (Lipinski definition) is 1. The Morgan fingerprint density at radius 1 is 1.11 bits per heavy atom. The molecule has 0 unspecified atom stereocenters. The molecule has 2 aliphatic rings. The fourth-order valence-electron chi connectivity index (χ4n) is 5.02. The molecule has 0 radical (unpaired) electrons. The second kappa shape index (κ2) is 9.30. The number of benzene rings is 2. The minimum absolute atomic E-state index is 0.0333. The van der Waals surface area contributed by atoms with Gasteiger partial charge in [-0.25, -0.2) is 0 Å². The summed E-state index contributed by atoms with van der Waals surface area (Å²) in [4.78, 5) is 29.9. The van der Waals surface area contributed by atoms with Gasteiger partial charge in [0.1, 0.15) is 11.3 Å². The van der Waals surface area contributed by atoms with Gasteiger partial charge in [0.2, 0.25) is 0 Å². The molecule has 1 fully saturated rings. The number of fused-ring (bicyclic) bond motifs is 1. The van der Waals surface area contributed by atoms with Crippen LogP contribution in [0.15, 0.2) is 54.1 Å². The molecule has 1 saturated heterocycles. The number of rotatable bonds is 5. The van der Waals surface area contributed by atoms with Crippen LogP contribution in [0.5, 0.6) is 5.75 Å². The zero-order valence-corrected chi connectivity index (χ0v) is 21.8. The minimum atomic E-state index is -0.503. The van der Waals surface area contributed by atoms with Gasteiger partial charge in [-0.1, -0.05) is 12.1 Å². The van der Waals surface area contributed by atoms with Crippen molar-refractivity contribution in [2.75, 3.05) is 16.4 Å². The molecular formula is C28H31N3O3S. The lowest BCUT2D eigenvalue weighted by molar-refractivity contribution is -0.122. The van der Waals surface area contributed by atoms with Crippen LogP contribution < -0.4 is 19.9 Å². The number of ether oxygens (including phenoxy) is 1. The molecule has 1 N–H and O–H groups in total. The van der Waals surface area contributed by atoms with Crippen molar-refractivity contribution in [2.24, 2.45) is 0 Å². The molecule has 35 heavy (non-hydrogen) atoms. The van der Waals surface area contributed by atoms with E-state index in [1.165, 1.54) is 10.5 Å². The molecule has 0 spiro atoms. The number of hydrogen-bond acceptors (Lipinski definition) is 5. The first-order chi connectivity index (χ1) is 16.5. The molecule has 2 amide bonds. The quantitative estimate of drug-likeness (QED) is 0.350. The first-order valence-electron chi connectivity index (χ1n) is 11.8. The van der Waals surface area contributed by atoms with Crippen molar-refractivity contribution in [1.82, 2.24) is 5.32 Å². The number of anilines is 2. The van der Waals surface area contributed by atoms with E-state index in [9.17, 15) is 9.59 Å². The molecule has 0 saturated carbocycles. The maximum atomic E-state index is 13.4. The first-order valence-corrected chi connectivity index (χ1v) is 12.2. The largest absolute Gasteiger partial charge is 0.494 e. The summed E-state index contributed by atoms with van der Waals surface area (Å²) in [7, 11) is 0. The van der Waals surface area contributed by atoms with Crippen LogP contribution in [-0.4, -0.2) is 35.1 Å². The third-order valence-electron chi connectivity index (χ3n) is 6.23. The van der Waals surface area contributed by atoms with E-state index in [1.54, 1.807) is 30.3 Å². The van der Waals surface area contributed by atoms with E-state index in [2.05, 4.69) is 57.0 Å². The van der Waals surface area contributed by atoms with Crippen LogP contribution in [0.3, 0.4) is 0 Å². The summed E-state index contributed by atoms with van der Waals surface area (Å²) in [6, 6.07) is 13.4. The number of amides is 2.